The fraction of sp³-hybridized carbons (Fsp3) is 0.476. The molecule has 1 aromatic carbocycles. The molecule has 0 spiro atoms. The monoisotopic (exact) mass is 419 g/mol. The summed E-state index contributed by atoms with van der Waals surface area (Å²) in [5.74, 6) is 0.815. The number of carbonyl (C=O) groups excluding carboxylic acids is 1. The Balaban J connectivity index is 1.78. The molecule has 3 rings (SSSR count). The van der Waals surface area contributed by atoms with E-state index in [2.05, 4.69) is 9.62 Å². The maximum absolute atomic E-state index is 13.0. The predicted octanol–water partition coefficient (Wildman–Crippen LogP) is 3.08. The van der Waals surface area contributed by atoms with Crippen molar-refractivity contribution in [3.63, 3.8) is 0 Å². The Hall–Kier alpha value is -2.16. The van der Waals surface area contributed by atoms with E-state index in [4.69, 9.17) is 4.42 Å². The van der Waals surface area contributed by atoms with Crippen molar-refractivity contribution in [2.24, 2.45) is 0 Å². The highest BCUT2D eigenvalue weighted by atomic mass is 32.2. The van der Waals surface area contributed by atoms with Crippen LogP contribution in [-0.2, 0) is 14.8 Å². The van der Waals surface area contributed by atoms with Crippen LogP contribution in [0.4, 0.5) is 5.69 Å². The van der Waals surface area contributed by atoms with Gasteiger partial charge in [-0.15, -0.1) is 0 Å². The van der Waals surface area contributed by atoms with E-state index in [1.807, 2.05) is 26.0 Å². The van der Waals surface area contributed by atoms with Gasteiger partial charge < -0.3 is 9.32 Å². The van der Waals surface area contributed by atoms with Gasteiger partial charge in [0.05, 0.1) is 17.2 Å². The summed E-state index contributed by atoms with van der Waals surface area (Å²) in [6, 6.07) is 8.55. The first-order chi connectivity index (χ1) is 13.9. The van der Waals surface area contributed by atoms with Gasteiger partial charge in [0.15, 0.2) is 0 Å². The molecule has 1 atom stereocenters. The van der Waals surface area contributed by atoms with Crippen LogP contribution in [0.2, 0.25) is 0 Å². The molecule has 1 N–H and O–H groups in total. The molecule has 1 saturated heterocycles. The van der Waals surface area contributed by atoms with Crippen molar-refractivity contribution >= 4 is 21.6 Å². The molecule has 0 radical (unpaired) electrons. The zero-order valence-electron chi connectivity index (χ0n) is 17.2. The minimum absolute atomic E-state index is 0.0821. The lowest BCUT2D eigenvalue weighted by Gasteiger charge is -2.28. The molecular weight excluding hydrogens is 390 g/mol. The van der Waals surface area contributed by atoms with Crippen molar-refractivity contribution < 1.29 is 17.6 Å². The number of sulfonamides is 1. The van der Waals surface area contributed by atoms with Gasteiger partial charge in [-0.05, 0) is 62.3 Å². The highest BCUT2D eigenvalue weighted by Gasteiger charge is 2.26. The SMILES string of the molecule is CCN(CC)C(CNS(=O)(=O)c1ccc(N2CCCC2=O)cc1C)c1ccco1. The van der Waals surface area contributed by atoms with Gasteiger partial charge >= 0.3 is 0 Å². The fourth-order valence-electron chi connectivity index (χ4n) is 3.85. The maximum Gasteiger partial charge on any atom is 0.240 e. The van der Waals surface area contributed by atoms with E-state index in [-0.39, 0.29) is 23.4 Å². The normalized spacial score (nSPS) is 16.0. The minimum atomic E-state index is -3.70. The molecular formula is C21H29N3O4S. The molecule has 0 saturated carbocycles. The average molecular weight is 420 g/mol. The highest BCUT2D eigenvalue weighted by Crippen LogP contribution is 2.27. The number of nitrogens with zero attached hydrogens (tertiary/aromatic N) is 2. The highest BCUT2D eigenvalue weighted by molar-refractivity contribution is 7.89. The summed E-state index contributed by atoms with van der Waals surface area (Å²) >= 11 is 0. The molecule has 2 aromatic rings. The van der Waals surface area contributed by atoms with Crippen molar-refractivity contribution in [3.05, 3.63) is 47.9 Å². The zero-order valence-corrected chi connectivity index (χ0v) is 18.0. The van der Waals surface area contributed by atoms with Gasteiger partial charge in [0.25, 0.3) is 0 Å². The molecule has 29 heavy (non-hydrogen) atoms. The van der Waals surface area contributed by atoms with Crippen LogP contribution in [0.15, 0.2) is 45.9 Å². The third-order valence-electron chi connectivity index (χ3n) is 5.42. The number of carbonyl (C=O) groups is 1. The first-order valence-corrected chi connectivity index (χ1v) is 11.5. The molecule has 2 heterocycles. The third kappa shape index (κ3) is 4.71. The molecule has 1 unspecified atom stereocenters. The average Bonchev–Trinajstić information content (AvgIpc) is 3.36. The number of nitrogens with one attached hydrogen (secondary N) is 1. The summed E-state index contributed by atoms with van der Waals surface area (Å²) in [5.41, 5.74) is 1.37. The van der Waals surface area contributed by atoms with Crippen molar-refractivity contribution in [2.45, 2.75) is 44.6 Å². The Morgan fingerprint density at radius 3 is 2.55 bits per heavy atom. The number of rotatable bonds is 9. The largest absolute Gasteiger partial charge is 0.468 e. The third-order valence-corrected chi connectivity index (χ3v) is 7.01. The summed E-state index contributed by atoms with van der Waals surface area (Å²) in [4.78, 5) is 16.0. The molecule has 1 aromatic heterocycles. The Morgan fingerprint density at radius 1 is 1.24 bits per heavy atom. The van der Waals surface area contributed by atoms with Crippen LogP contribution in [0, 0.1) is 6.92 Å². The Bertz CT molecular complexity index is 937. The molecule has 0 bridgehead atoms. The number of likely N-dealkylation sites (N-methyl/N-ethyl adjacent to an activating group) is 1. The van der Waals surface area contributed by atoms with Crippen LogP contribution in [0.25, 0.3) is 0 Å². The summed E-state index contributed by atoms with van der Waals surface area (Å²) in [6.07, 6.45) is 2.97. The van der Waals surface area contributed by atoms with Crippen LogP contribution in [0.3, 0.4) is 0 Å². The van der Waals surface area contributed by atoms with Crippen molar-refractivity contribution in [1.82, 2.24) is 9.62 Å². The lowest BCUT2D eigenvalue weighted by atomic mass is 10.2. The van der Waals surface area contributed by atoms with E-state index in [0.717, 1.165) is 31.0 Å². The summed E-state index contributed by atoms with van der Waals surface area (Å²) in [6.45, 7) is 8.28. The smallest absolute Gasteiger partial charge is 0.240 e. The number of hydrogen-bond acceptors (Lipinski definition) is 5. The number of aryl methyl sites for hydroxylation is 1. The van der Waals surface area contributed by atoms with Gasteiger partial charge in [-0.25, -0.2) is 13.1 Å². The molecule has 158 valence electrons. The van der Waals surface area contributed by atoms with Crippen LogP contribution in [0.5, 0.6) is 0 Å². The van der Waals surface area contributed by atoms with E-state index in [9.17, 15) is 13.2 Å². The Kier molecular flexibility index (Phi) is 6.77. The fourth-order valence-corrected chi connectivity index (χ4v) is 5.11. The van der Waals surface area contributed by atoms with Crippen LogP contribution >= 0.6 is 0 Å². The molecule has 7 nitrogen and oxygen atoms in total. The van der Waals surface area contributed by atoms with Crippen molar-refractivity contribution in [1.29, 1.82) is 0 Å². The van der Waals surface area contributed by atoms with E-state index in [1.165, 1.54) is 0 Å². The number of anilines is 1. The van der Waals surface area contributed by atoms with Gasteiger partial charge in [0.2, 0.25) is 15.9 Å². The molecule has 0 aliphatic carbocycles. The van der Waals surface area contributed by atoms with Crippen LogP contribution in [-0.4, -0.2) is 45.4 Å². The van der Waals surface area contributed by atoms with E-state index < -0.39 is 10.0 Å². The predicted molar refractivity (Wildman–Crippen MR) is 112 cm³/mol. The van der Waals surface area contributed by atoms with Crippen molar-refractivity contribution in [2.75, 3.05) is 31.1 Å². The maximum atomic E-state index is 13.0. The van der Waals surface area contributed by atoms with Gasteiger partial charge in [-0.3, -0.25) is 9.69 Å². The minimum Gasteiger partial charge on any atom is -0.468 e. The van der Waals surface area contributed by atoms with E-state index in [1.54, 1.807) is 36.3 Å². The first kappa shape index (κ1) is 21.5. The van der Waals surface area contributed by atoms with Crippen molar-refractivity contribution in [3.8, 4) is 0 Å². The number of furan rings is 1. The molecule has 8 heteroatoms. The van der Waals surface area contributed by atoms with Crippen LogP contribution < -0.4 is 9.62 Å². The summed E-state index contributed by atoms with van der Waals surface area (Å²) in [5, 5.41) is 0. The molecule has 1 fully saturated rings. The first-order valence-electron chi connectivity index (χ1n) is 10.1. The van der Waals surface area contributed by atoms with E-state index in [0.29, 0.717) is 18.5 Å². The Labute approximate surface area is 172 Å². The second-order valence-corrected chi connectivity index (χ2v) is 8.94. The lowest BCUT2D eigenvalue weighted by molar-refractivity contribution is -0.117. The number of benzene rings is 1. The Morgan fingerprint density at radius 2 is 2.00 bits per heavy atom. The van der Waals surface area contributed by atoms with Crippen LogP contribution in [0.1, 0.15) is 44.1 Å². The van der Waals surface area contributed by atoms with Gasteiger partial charge in [-0.2, -0.15) is 0 Å². The number of hydrogen-bond donors (Lipinski definition) is 1. The second kappa shape index (κ2) is 9.11. The second-order valence-electron chi connectivity index (χ2n) is 7.20. The topological polar surface area (TPSA) is 82.9 Å². The van der Waals surface area contributed by atoms with E-state index >= 15 is 0 Å². The standard InChI is InChI=1S/C21H29N3O4S/c1-4-23(5-2)18(19-8-7-13-28-19)15-22-29(26,27)20-11-10-17(14-16(20)3)24-12-6-9-21(24)25/h7-8,10-11,13-14,18,22H,4-6,9,12,15H2,1-3H3. The zero-order chi connectivity index (χ0) is 21.0. The molecule has 1 amide bonds. The lowest BCUT2D eigenvalue weighted by Crippen LogP contribution is -2.38. The summed E-state index contributed by atoms with van der Waals surface area (Å²) < 4.78 is 34.3. The molecule has 1 aliphatic heterocycles. The number of amides is 1. The quantitative estimate of drug-likeness (QED) is 0.675. The van der Waals surface area contributed by atoms with Gasteiger partial charge in [0.1, 0.15) is 5.76 Å². The van der Waals surface area contributed by atoms with Gasteiger partial charge in [0, 0.05) is 25.2 Å². The summed E-state index contributed by atoms with van der Waals surface area (Å²) in [7, 11) is -3.70. The molecule has 1 aliphatic rings. The van der Waals surface area contributed by atoms with Gasteiger partial charge in [-0.1, -0.05) is 13.8 Å².